The smallest absolute Gasteiger partial charge is 0.201 e. The van der Waals surface area contributed by atoms with Gasteiger partial charge in [0.15, 0.2) is 29.4 Å². The molecular weight excluding hydrogens is 430 g/mol. The number of rotatable bonds is 2. The Morgan fingerprint density at radius 1 is 1.11 bits per heavy atom. The fourth-order valence-electron chi connectivity index (χ4n) is 3.26. The first-order chi connectivity index (χ1) is 12.7. The highest BCUT2D eigenvalue weighted by molar-refractivity contribution is 9.10. The van der Waals surface area contributed by atoms with Crippen molar-refractivity contribution in [2.75, 3.05) is 0 Å². The normalized spacial score (nSPS) is 21.2. The molecule has 0 aliphatic carbocycles. The minimum atomic E-state index is -1.86. The van der Waals surface area contributed by atoms with Gasteiger partial charge in [-0.05, 0) is 47.1 Å². The Bertz CT molecular complexity index is 1070. The lowest BCUT2D eigenvalue weighted by Crippen LogP contribution is -2.33. The van der Waals surface area contributed by atoms with Crippen molar-refractivity contribution in [2.45, 2.75) is 18.7 Å². The number of alkyl halides is 1. The summed E-state index contributed by atoms with van der Waals surface area (Å²) < 4.78 is 63.5. The zero-order chi connectivity index (χ0) is 19.5. The zero-order valence-corrected chi connectivity index (χ0v) is 15.7. The highest BCUT2D eigenvalue weighted by atomic mass is 79.9. The van der Waals surface area contributed by atoms with Crippen LogP contribution in [0.1, 0.15) is 24.5 Å². The second kappa shape index (κ2) is 6.05. The van der Waals surface area contributed by atoms with Crippen molar-refractivity contribution < 1.29 is 22.3 Å². The first-order valence-electron chi connectivity index (χ1n) is 7.89. The molecule has 3 aromatic rings. The van der Waals surface area contributed by atoms with Crippen molar-refractivity contribution in [2.24, 2.45) is 7.05 Å². The van der Waals surface area contributed by atoms with Gasteiger partial charge in [-0.2, -0.15) is 0 Å². The molecule has 2 heterocycles. The predicted octanol–water partition coefficient (Wildman–Crippen LogP) is 4.98. The summed E-state index contributed by atoms with van der Waals surface area (Å²) in [6.45, 7) is 1.39. The lowest BCUT2D eigenvalue weighted by molar-refractivity contribution is 0.0185. The molecule has 0 bridgehead atoms. The number of nitrogens with zero attached hydrogens (tertiary/aromatic N) is 3. The second-order valence-electron chi connectivity index (χ2n) is 6.41. The maximum absolute atomic E-state index is 15.1. The van der Waals surface area contributed by atoms with Crippen LogP contribution in [0.15, 0.2) is 34.8 Å². The first-order valence-corrected chi connectivity index (χ1v) is 8.69. The molecule has 2 atom stereocenters. The van der Waals surface area contributed by atoms with Gasteiger partial charge in [-0.1, -0.05) is 0 Å². The highest BCUT2D eigenvalue weighted by Crippen LogP contribution is 2.52. The predicted molar refractivity (Wildman–Crippen MR) is 92.3 cm³/mol. The summed E-state index contributed by atoms with van der Waals surface area (Å²) in [5.41, 5.74) is -1.39. The largest absolute Gasteiger partial charge is 0.473 e. The van der Waals surface area contributed by atoms with Crippen LogP contribution < -0.4 is 4.74 Å². The van der Waals surface area contributed by atoms with Crippen LogP contribution in [0.4, 0.5) is 17.6 Å². The molecule has 0 fully saturated rings. The molecule has 1 aromatic heterocycles. The third kappa shape index (κ3) is 2.63. The summed E-state index contributed by atoms with van der Waals surface area (Å²) in [4.78, 5) is 0. The molecule has 0 spiro atoms. The molecule has 140 valence electrons. The average Bonchev–Trinajstić information content (AvgIpc) is 3.09. The van der Waals surface area contributed by atoms with E-state index in [1.807, 2.05) is 0 Å². The van der Waals surface area contributed by atoms with E-state index in [1.165, 1.54) is 29.7 Å². The van der Waals surface area contributed by atoms with Crippen molar-refractivity contribution in [3.8, 4) is 17.1 Å². The topological polar surface area (TPSA) is 39.9 Å². The molecule has 0 saturated heterocycles. The lowest BCUT2D eigenvalue weighted by Gasteiger charge is -2.25. The Kier molecular flexibility index (Phi) is 4.03. The summed E-state index contributed by atoms with van der Waals surface area (Å²) in [6.07, 6.45) is -1.86. The van der Waals surface area contributed by atoms with Gasteiger partial charge in [-0.3, -0.25) is 0 Å². The van der Waals surface area contributed by atoms with E-state index < -0.39 is 29.2 Å². The molecule has 9 heteroatoms. The van der Waals surface area contributed by atoms with E-state index in [-0.39, 0.29) is 17.1 Å². The Hall–Kier alpha value is -2.42. The quantitative estimate of drug-likeness (QED) is 0.526. The van der Waals surface area contributed by atoms with Crippen molar-refractivity contribution in [3.63, 3.8) is 0 Å². The molecule has 1 aliphatic rings. The van der Waals surface area contributed by atoms with Crippen molar-refractivity contribution in [1.82, 2.24) is 14.8 Å². The van der Waals surface area contributed by atoms with Crippen molar-refractivity contribution >= 4 is 15.9 Å². The SMILES string of the molecule is Cn1c(-c2ccc(F)cc2Br)nnc1C1(C)Oc2c(F)cc(F)cc2C1F. The molecule has 0 radical (unpaired) electrons. The molecule has 2 unspecified atom stereocenters. The summed E-state index contributed by atoms with van der Waals surface area (Å²) >= 11 is 3.26. The van der Waals surface area contributed by atoms with Crippen LogP contribution in [0, 0.1) is 17.5 Å². The van der Waals surface area contributed by atoms with E-state index in [2.05, 4.69) is 26.1 Å². The molecule has 0 saturated carbocycles. The van der Waals surface area contributed by atoms with Crippen LogP contribution in [0.2, 0.25) is 0 Å². The van der Waals surface area contributed by atoms with Crippen LogP contribution in [-0.4, -0.2) is 14.8 Å². The van der Waals surface area contributed by atoms with E-state index >= 15 is 4.39 Å². The number of ether oxygens (including phenoxy) is 1. The number of hydrogen-bond acceptors (Lipinski definition) is 3. The Morgan fingerprint density at radius 2 is 1.85 bits per heavy atom. The van der Waals surface area contributed by atoms with Crippen LogP contribution in [0.5, 0.6) is 5.75 Å². The van der Waals surface area contributed by atoms with Gasteiger partial charge in [-0.25, -0.2) is 17.6 Å². The molecule has 0 amide bonds. The number of fused-ring (bicyclic) bond motifs is 1. The third-order valence-electron chi connectivity index (χ3n) is 4.60. The highest BCUT2D eigenvalue weighted by Gasteiger charge is 2.51. The molecular formula is C18H12BrF4N3O. The van der Waals surface area contributed by atoms with E-state index in [0.717, 1.165) is 6.07 Å². The second-order valence-corrected chi connectivity index (χ2v) is 7.26. The van der Waals surface area contributed by atoms with Gasteiger partial charge >= 0.3 is 0 Å². The maximum Gasteiger partial charge on any atom is 0.201 e. The van der Waals surface area contributed by atoms with E-state index in [4.69, 9.17) is 4.74 Å². The first kappa shape index (κ1) is 18.0. The fourth-order valence-corrected chi connectivity index (χ4v) is 3.79. The molecule has 0 N–H and O–H groups in total. The van der Waals surface area contributed by atoms with E-state index in [1.54, 1.807) is 7.05 Å². The van der Waals surface area contributed by atoms with Gasteiger partial charge in [0.05, 0.1) is 0 Å². The van der Waals surface area contributed by atoms with Gasteiger partial charge < -0.3 is 9.30 Å². The van der Waals surface area contributed by atoms with Crippen LogP contribution in [0.25, 0.3) is 11.4 Å². The minimum absolute atomic E-state index is 0.0808. The molecule has 1 aliphatic heterocycles. The maximum atomic E-state index is 15.1. The van der Waals surface area contributed by atoms with Gasteiger partial charge in [-0.15, -0.1) is 10.2 Å². The van der Waals surface area contributed by atoms with Crippen molar-refractivity contribution in [3.05, 3.63) is 63.6 Å². The van der Waals surface area contributed by atoms with Crippen LogP contribution in [0.3, 0.4) is 0 Å². The van der Waals surface area contributed by atoms with E-state index in [9.17, 15) is 13.2 Å². The van der Waals surface area contributed by atoms with Crippen LogP contribution in [-0.2, 0) is 12.6 Å². The van der Waals surface area contributed by atoms with Gasteiger partial charge in [0.1, 0.15) is 11.6 Å². The molecule has 27 heavy (non-hydrogen) atoms. The Morgan fingerprint density at radius 3 is 2.56 bits per heavy atom. The number of benzene rings is 2. The van der Waals surface area contributed by atoms with Gasteiger partial charge in [0.2, 0.25) is 5.60 Å². The average molecular weight is 442 g/mol. The van der Waals surface area contributed by atoms with E-state index in [0.29, 0.717) is 21.9 Å². The zero-order valence-electron chi connectivity index (χ0n) is 14.1. The molecule has 4 nitrogen and oxygen atoms in total. The summed E-state index contributed by atoms with van der Waals surface area (Å²) in [5, 5.41) is 8.06. The monoisotopic (exact) mass is 441 g/mol. The standard InChI is InChI=1S/C18H12BrF4N3O/c1-18(15(23)11-5-9(21)7-13(22)14(11)27-18)17-25-24-16(26(17)2)10-4-3-8(20)6-12(10)19/h3-7,15H,1-2H3. The Balaban J connectivity index is 1.81. The molecule has 4 rings (SSSR count). The van der Waals surface area contributed by atoms with Gasteiger partial charge in [0, 0.05) is 28.7 Å². The Labute approximate surface area is 159 Å². The number of halogens is 5. The van der Waals surface area contributed by atoms with Crippen LogP contribution >= 0.6 is 15.9 Å². The summed E-state index contributed by atoms with van der Waals surface area (Å²) in [5.74, 6) is -2.25. The number of hydrogen-bond donors (Lipinski definition) is 0. The minimum Gasteiger partial charge on any atom is -0.473 e. The summed E-state index contributed by atoms with van der Waals surface area (Å²) in [7, 11) is 1.59. The fraction of sp³-hybridized carbons (Fsp3) is 0.222. The lowest BCUT2D eigenvalue weighted by atomic mass is 9.95. The summed E-state index contributed by atoms with van der Waals surface area (Å²) in [6, 6.07) is 5.57. The molecule has 2 aromatic carbocycles. The van der Waals surface area contributed by atoms with Gasteiger partial charge in [0.25, 0.3) is 0 Å². The third-order valence-corrected chi connectivity index (χ3v) is 5.25. The van der Waals surface area contributed by atoms with Crippen molar-refractivity contribution in [1.29, 1.82) is 0 Å². The number of aromatic nitrogens is 3.